The maximum Gasteiger partial charge on any atom is 0.229 e. The number of halogens is 3. The normalized spacial score (nSPS) is 23.1. The van der Waals surface area contributed by atoms with Gasteiger partial charge in [-0.2, -0.15) is 0 Å². The lowest BCUT2D eigenvalue weighted by molar-refractivity contribution is -0.120. The summed E-state index contributed by atoms with van der Waals surface area (Å²) in [5, 5.41) is 6.06. The van der Waals surface area contributed by atoms with E-state index in [1.165, 1.54) is 0 Å². The van der Waals surface area contributed by atoms with E-state index >= 15 is 0 Å². The number of anilines is 1. The summed E-state index contributed by atoms with van der Waals surface area (Å²) in [6.45, 7) is 2.76. The molecular formula is C12H13Cl2FN2O. The van der Waals surface area contributed by atoms with Gasteiger partial charge in [0.05, 0.1) is 21.7 Å². The summed E-state index contributed by atoms with van der Waals surface area (Å²) in [5.41, 5.74) is 0.267. The zero-order valence-electron chi connectivity index (χ0n) is 9.77. The van der Waals surface area contributed by atoms with E-state index < -0.39 is 5.82 Å². The minimum atomic E-state index is -0.529. The first-order valence-corrected chi connectivity index (χ1v) is 6.43. The van der Waals surface area contributed by atoms with Gasteiger partial charge in [0.25, 0.3) is 0 Å². The van der Waals surface area contributed by atoms with Crippen molar-refractivity contribution in [2.24, 2.45) is 5.92 Å². The number of benzene rings is 1. The summed E-state index contributed by atoms with van der Waals surface area (Å²) in [6.07, 6.45) is 0.767. The summed E-state index contributed by atoms with van der Waals surface area (Å²) in [6, 6.07) is 2.36. The van der Waals surface area contributed by atoms with E-state index in [1.807, 2.05) is 6.92 Å². The molecule has 1 fully saturated rings. The monoisotopic (exact) mass is 290 g/mol. The van der Waals surface area contributed by atoms with Crippen molar-refractivity contribution >= 4 is 34.8 Å². The van der Waals surface area contributed by atoms with E-state index in [0.29, 0.717) is 0 Å². The number of carbonyl (C=O) groups excluding carboxylic acids is 1. The lowest BCUT2D eigenvalue weighted by Gasteiger charge is -2.16. The Morgan fingerprint density at radius 1 is 1.44 bits per heavy atom. The Hall–Kier alpha value is -0.840. The van der Waals surface area contributed by atoms with Crippen molar-refractivity contribution in [2.45, 2.75) is 19.4 Å². The Labute approximate surface area is 115 Å². The number of nitrogens with one attached hydrogen (secondary N) is 2. The molecule has 1 aromatic rings. The zero-order chi connectivity index (χ0) is 13.3. The lowest BCUT2D eigenvalue weighted by Crippen LogP contribution is -2.32. The number of hydrogen-bond donors (Lipinski definition) is 2. The lowest BCUT2D eigenvalue weighted by atomic mass is 10.0. The highest BCUT2D eigenvalue weighted by Gasteiger charge is 2.30. The molecule has 2 rings (SSSR count). The molecule has 0 saturated carbocycles. The third-order valence-electron chi connectivity index (χ3n) is 3.12. The van der Waals surface area contributed by atoms with Crippen LogP contribution in [-0.4, -0.2) is 18.5 Å². The van der Waals surface area contributed by atoms with Crippen LogP contribution in [0.4, 0.5) is 10.1 Å². The molecule has 1 heterocycles. The standard InChI is InChI=1S/C12H13Cl2FN2O/c1-6-8(2-3-16-6)12(18)17-11-9(13)4-7(15)5-10(11)14/h4-6,8,16H,2-3H2,1H3,(H,17,18). The summed E-state index contributed by atoms with van der Waals surface area (Å²) in [5.74, 6) is -0.802. The van der Waals surface area contributed by atoms with Crippen molar-refractivity contribution in [3.05, 3.63) is 28.0 Å². The van der Waals surface area contributed by atoms with Gasteiger partial charge in [0, 0.05) is 6.04 Å². The van der Waals surface area contributed by atoms with Crippen molar-refractivity contribution in [3.63, 3.8) is 0 Å². The average molecular weight is 291 g/mol. The molecule has 1 aromatic carbocycles. The van der Waals surface area contributed by atoms with E-state index in [4.69, 9.17) is 23.2 Å². The molecule has 1 amide bonds. The maximum atomic E-state index is 13.0. The van der Waals surface area contributed by atoms with Gasteiger partial charge in [0.2, 0.25) is 5.91 Å². The van der Waals surface area contributed by atoms with Gasteiger partial charge < -0.3 is 10.6 Å². The Balaban J connectivity index is 2.17. The van der Waals surface area contributed by atoms with Crippen LogP contribution in [0.25, 0.3) is 0 Å². The molecule has 2 unspecified atom stereocenters. The second-order valence-electron chi connectivity index (χ2n) is 4.37. The molecule has 2 N–H and O–H groups in total. The molecule has 0 radical (unpaired) electrons. The molecule has 98 valence electrons. The Kier molecular flexibility index (Phi) is 4.10. The average Bonchev–Trinajstić information content (AvgIpc) is 2.69. The topological polar surface area (TPSA) is 41.1 Å². The number of rotatable bonds is 2. The number of carbonyl (C=O) groups is 1. The van der Waals surface area contributed by atoms with Crippen molar-refractivity contribution < 1.29 is 9.18 Å². The molecule has 0 aliphatic carbocycles. The molecule has 1 aliphatic rings. The second kappa shape index (κ2) is 5.43. The van der Waals surface area contributed by atoms with E-state index in [-0.39, 0.29) is 33.6 Å². The first-order valence-electron chi connectivity index (χ1n) is 5.68. The van der Waals surface area contributed by atoms with Gasteiger partial charge in [0.1, 0.15) is 5.82 Å². The molecule has 2 atom stereocenters. The molecular weight excluding hydrogens is 278 g/mol. The van der Waals surface area contributed by atoms with Gasteiger partial charge in [-0.3, -0.25) is 4.79 Å². The van der Waals surface area contributed by atoms with E-state index in [1.54, 1.807) is 0 Å². The van der Waals surface area contributed by atoms with Crippen molar-refractivity contribution in [1.82, 2.24) is 5.32 Å². The Morgan fingerprint density at radius 2 is 2.06 bits per heavy atom. The number of amides is 1. The van der Waals surface area contributed by atoms with Gasteiger partial charge in [-0.25, -0.2) is 4.39 Å². The molecule has 1 aliphatic heterocycles. The first kappa shape index (κ1) is 13.6. The van der Waals surface area contributed by atoms with Crippen LogP contribution < -0.4 is 10.6 Å². The van der Waals surface area contributed by atoms with Crippen LogP contribution in [0.1, 0.15) is 13.3 Å². The highest BCUT2D eigenvalue weighted by Crippen LogP contribution is 2.32. The summed E-state index contributed by atoms with van der Waals surface area (Å²) < 4.78 is 13.0. The predicted molar refractivity (Wildman–Crippen MR) is 70.6 cm³/mol. The van der Waals surface area contributed by atoms with Crippen molar-refractivity contribution in [1.29, 1.82) is 0 Å². The SMILES string of the molecule is CC1NCCC1C(=O)Nc1c(Cl)cc(F)cc1Cl. The predicted octanol–water partition coefficient (Wildman–Crippen LogP) is 3.07. The van der Waals surface area contributed by atoms with Crippen molar-refractivity contribution in [2.75, 3.05) is 11.9 Å². The minimum absolute atomic E-state index is 0.104. The van der Waals surface area contributed by atoms with Crippen LogP contribution in [0.2, 0.25) is 10.0 Å². The highest BCUT2D eigenvalue weighted by molar-refractivity contribution is 6.39. The fraction of sp³-hybridized carbons (Fsp3) is 0.417. The molecule has 3 nitrogen and oxygen atoms in total. The number of hydrogen-bond acceptors (Lipinski definition) is 2. The van der Waals surface area contributed by atoms with Crippen LogP contribution >= 0.6 is 23.2 Å². The van der Waals surface area contributed by atoms with Gasteiger partial charge in [0.15, 0.2) is 0 Å². The zero-order valence-corrected chi connectivity index (χ0v) is 11.3. The quantitative estimate of drug-likeness (QED) is 0.879. The first-order chi connectivity index (χ1) is 8.49. The molecule has 0 bridgehead atoms. The van der Waals surface area contributed by atoms with Gasteiger partial charge >= 0.3 is 0 Å². The Bertz CT molecular complexity index is 458. The van der Waals surface area contributed by atoms with Crippen LogP contribution in [0.3, 0.4) is 0 Å². The van der Waals surface area contributed by atoms with Gasteiger partial charge in [-0.15, -0.1) is 0 Å². The maximum absolute atomic E-state index is 13.0. The van der Waals surface area contributed by atoms with E-state index in [9.17, 15) is 9.18 Å². The van der Waals surface area contributed by atoms with Crippen LogP contribution in [0.5, 0.6) is 0 Å². The molecule has 1 saturated heterocycles. The second-order valence-corrected chi connectivity index (χ2v) is 5.19. The van der Waals surface area contributed by atoms with Crippen LogP contribution in [-0.2, 0) is 4.79 Å². The smallest absolute Gasteiger partial charge is 0.229 e. The molecule has 18 heavy (non-hydrogen) atoms. The fourth-order valence-electron chi connectivity index (χ4n) is 2.09. The largest absolute Gasteiger partial charge is 0.323 e. The molecule has 6 heteroatoms. The van der Waals surface area contributed by atoms with Gasteiger partial charge in [-0.1, -0.05) is 23.2 Å². The van der Waals surface area contributed by atoms with E-state index in [0.717, 1.165) is 25.1 Å². The summed E-state index contributed by atoms with van der Waals surface area (Å²) >= 11 is 11.7. The minimum Gasteiger partial charge on any atom is -0.323 e. The summed E-state index contributed by atoms with van der Waals surface area (Å²) in [4.78, 5) is 12.1. The van der Waals surface area contributed by atoms with Gasteiger partial charge in [-0.05, 0) is 32.0 Å². The van der Waals surface area contributed by atoms with Crippen LogP contribution in [0, 0.1) is 11.7 Å². The van der Waals surface area contributed by atoms with Crippen molar-refractivity contribution in [3.8, 4) is 0 Å². The third-order valence-corrected chi connectivity index (χ3v) is 3.71. The molecule has 0 aromatic heterocycles. The third kappa shape index (κ3) is 2.76. The van der Waals surface area contributed by atoms with E-state index in [2.05, 4.69) is 10.6 Å². The van der Waals surface area contributed by atoms with Crippen LogP contribution in [0.15, 0.2) is 12.1 Å². The highest BCUT2D eigenvalue weighted by atomic mass is 35.5. The summed E-state index contributed by atoms with van der Waals surface area (Å²) in [7, 11) is 0. The fourth-order valence-corrected chi connectivity index (χ4v) is 2.65. The Morgan fingerprint density at radius 3 is 2.56 bits per heavy atom. The molecule has 0 spiro atoms.